The molecule has 0 aliphatic carbocycles. The average Bonchev–Trinajstić information content (AvgIpc) is 3.02. The number of aryl methyl sites for hydroxylation is 3. The number of carbonyl (C=O) groups is 1. The highest BCUT2D eigenvalue weighted by Gasteiger charge is 2.08. The van der Waals surface area contributed by atoms with E-state index in [4.69, 9.17) is 0 Å². The zero-order valence-electron chi connectivity index (χ0n) is 13.7. The van der Waals surface area contributed by atoms with E-state index in [1.54, 1.807) is 23.7 Å². The van der Waals surface area contributed by atoms with Crippen LogP contribution in [0.3, 0.4) is 0 Å². The van der Waals surface area contributed by atoms with Gasteiger partial charge in [-0.05, 0) is 49.2 Å². The highest BCUT2D eigenvalue weighted by atomic mass is 32.1. The van der Waals surface area contributed by atoms with E-state index in [0.717, 1.165) is 33.1 Å². The monoisotopic (exact) mass is 337 g/mol. The number of amides is 1. The molecule has 0 saturated heterocycles. The normalized spacial score (nSPS) is 10.6. The summed E-state index contributed by atoms with van der Waals surface area (Å²) in [6.07, 6.45) is 4.58. The number of carbonyl (C=O) groups excluding carboxylic acids is 1. The number of hydrogen-bond acceptors (Lipinski definition) is 4. The summed E-state index contributed by atoms with van der Waals surface area (Å²) in [4.78, 5) is 20.8. The van der Waals surface area contributed by atoms with Crippen LogP contribution in [0.4, 0.5) is 5.69 Å². The second-order valence-corrected chi connectivity index (χ2v) is 6.73. The molecule has 24 heavy (non-hydrogen) atoms. The molecule has 0 bridgehead atoms. The van der Waals surface area contributed by atoms with E-state index in [2.05, 4.69) is 21.4 Å². The third-order valence-corrected chi connectivity index (χ3v) is 4.51. The fourth-order valence-electron chi connectivity index (χ4n) is 2.57. The van der Waals surface area contributed by atoms with E-state index in [1.807, 2.05) is 43.5 Å². The first-order valence-electron chi connectivity index (χ1n) is 7.83. The van der Waals surface area contributed by atoms with Crippen molar-refractivity contribution in [1.29, 1.82) is 0 Å². The molecule has 0 aliphatic rings. The van der Waals surface area contributed by atoms with Gasteiger partial charge in [0, 0.05) is 41.9 Å². The topological polar surface area (TPSA) is 54.9 Å². The van der Waals surface area contributed by atoms with Gasteiger partial charge in [-0.15, -0.1) is 11.3 Å². The molecule has 1 amide bonds. The van der Waals surface area contributed by atoms with Crippen molar-refractivity contribution in [2.45, 2.75) is 26.7 Å². The Morgan fingerprint density at radius 1 is 1.12 bits per heavy atom. The van der Waals surface area contributed by atoms with Gasteiger partial charge in [-0.1, -0.05) is 6.07 Å². The third kappa shape index (κ3) is 4.26. The summed E-state index contributed by atoms with van der Waals surface area (Å²) in [5.74, 6) is 0.0145. The van der Waals surface area contributed by atoms with E-state index < -0.39 is 0 Å². The van der Waals surface area contributed by atoms with Crippen LogP contribution in [0.1, 0.15) is 22.6 Å². The molecule has 1 N–H and O–H groups in total. The molecule has 2 heterocycles. The highest BCUT2D eigenvalue weighted by molar-refractivity contribution is 7.09. The first-order chi connectivity index (χ1) is 11.6. The summed E-state index contributed by atoms with van der Waals surface area (Å²) >= 11 is 1.59. The van der Waals surface area contributed by atoms with Crippen molar-refractivity contribution in [1.82, 2.24) is 9.97 Å². The van der Waals surface area contributed by atoms with Crippen molar-refractivity contribution in [3.8, 4) is 11.3 Å². The number of nitrogens with zero attached hydrogens (tertiary/aromatic N) is 2. The van der Waals surface area contributed by atoms with Crippen molar-refractivity contribution in [2.75, 3.05) is 5.32 Å². The molecule has 4 nitrogen and oxygen atoms in total. The Balaban J connectivity index is 1.58. The van der Waals surface area contributed by atoms with Crippen molar-refractivity contribution >= 4 is 22.9 Å². The maximum Gasteiger partial charge on any atom is 0.224 e. The smallest absolute Gasteiger partial charge is 0.224 e. The van der Waals surface area contributed by atoms with Gasteiger partial charge in [0.25, 0.3) is 0 Å². The second-order valence-electron chi connectivity index (χ2n) is 5.79. The number of pyridine rings is 1. The Hall–Kier alpha value is -2.53. The van der Waals surface area contributed by atoms with Gasteiger partial charge in [0.05, 0.1) is 10.7 Å². The van der Waals surface area contributed by atoms with E-state index in [9.17, 15) is 4.79 Å². The van der Waals surface area contributed by atoms with Crippen LogP contribution in [0.2, 0.25) is 0 Å². The maximum atomic E-state index is 12.1. The third-order valence-electron chi connectivity index (χ3n) is 3.60. The SMILES string of the molecule is Cc1cc(C)cc(NC(=O)CCc2nc(-c3ccncc3)cs2)c1. The number of thiazole rings is 1. The predicted molar refractivity (Wildman–Crippen MR) is 98.2 cm³/mol. The fourth-order valence-corrected chi connectivity index (χ4v) is 3.38. The lowest BCUT2D eigenvalue weighted by Crippen LogP contribution is -2.12. The Labute approximate surface area is 145 Å². The number of rotatable bonds is 5. The Kier molecular flexibility index (Phi) is 5.01. The fraction of sp³-hybridized carbons (Fsp3) is 0.211. The average molecular weight is 337 g/mol. The predicted octanol–water partition coefficient (Wildman–Crippen LogP) is 4.39. The van der Waals surface area contributed by atoms with E-state index in [0.29, 0.717) is 12.8 Å². The quantitative estimate of drug-likeness (QED) is 0.751. The van der Waals surface area contributed by atoms with E-state index in [-0.39, 0.29) is 5.91 Å². The minimum Gasteiger partial charge on any atom is -0.326 e. The van der Waals surface area contributed by atoms with Gasteiger partial charge in [0.1, 0.15) is 0 Å². The number of nitrogens with one attached hydrogen (secondary N) is 1. The molecule has 3 aromatic rings. The molecule has 0 radical (unpaired) electrons. The molecule has 0 spiro atoms. The molecule has 0 fully saturated rings. The molecule has 1 aromatic carbocycles. The summed E-state index contributed by atoms with van der Waals surface area (Å²) in [7, 11) is 0. The number of hydrogen-bond donors (Lipinski definition) is 1. The summed E-state index contributed by atoms with van der Waals surface area (Å²) in [5.41, 5.74) is 5.13. The molecule has 2 aromatic heterocycles. The van der Waals surface area contributed by atoms with Crippen molar-refractivity contribution in [3.63, 3.8) is 0 Å². The van der Waals surface area contributed by atoms with Crippen LogP contribution in [0.5, 0.6) is 0 Å². The van der Waals surface area contributed by atoms with Crippen molar-refractivity contribution in [3.05, 3.63) is 64.2 Å². The van der Waals surface area contributed by atoms with Crippen molar-refractivity contribution in [2.24, 2.45) is 0 Å². The highest BCUT2D eigenvalue weighted by Crippen LogP contribution is 2.22. The molecule has 0 unspecified atom stereocenters. The standard InChI is InChI=1S/C19H19N3OS/c1-13-9-14(2)11-16(10-13)21-18(23)3-4-19-22-17(12-24-19)15-5-7-20-8-6-15/h5-12H,3-4H2,1-2H3,(H,21,23). The van der Waals surface area contributed by atoms with Gasteiger partial charge in [0.15, 0.2) is 0 Å². The Morgan fingerprint density at radius 2 is 1.83 bits per heavy atom. The van der Waals surface area contributed by atoms with Gasteiger partial charge >= 0.3 is 0 Å². The summed E-state index contributed by atoms with van der Waals surface area (Å²) in [6.45, 7) is 4.05. The molecule has 3 rings (SSSR count). The zero-order chi connectivity index (χ0) is 16.9. The molecular formula is C19H19N3OS. The summed E-state index contributed by atoms with van der Waals surface area (Å²) in [5, 5.41) is 5.95. The molecule has 122 valence electrons. The lowest BCUT2D eigenvalue weighted by Gasteiger charge is -2.07. The largest absolute Gasteiger partial charge is 0.326 e. The van der Waals surface area contributed by atoms with E-state index >= 15 is 0 Å². The van der Waals surface area contributed by atoms with Crippen LogP contribution in [-0.2, 0) is 11.2 Å². The molecule has 0 atom stereocenters. The summed E-state index contributed by atoms with van der Waals surface area (Å²) in [6, 6.07) is 9.93. The van der Waals surface area contributed by atoms with Crippen LogP contribution >= 0.6 is 11.3 Å². The first-order valence-corrected chi connectivity index (χ1v) is 8.71. The van der Waals surface area contributed by atoms with Crippen LogP contribution in [0.15, 0.2) is 48.1 Å². The lowest BCUT2D eigenvalue weighted by molar-refractivity contribution is -0.116. The number of benzene rings is 1. The van der Waals surface area contributed by atoms with Gasteiger partial charge in [0.2, 0.25) is 5.91 Å². The van der Waals surface area contributed by atoms with Crippen molar-refractivity contribution < 1.29 is 4.79 Å². The zero-order valence-corrected chi connectivity index (χ0v) is 14.6. The minimum atomic E-state index is 0.0145. The van der Waals surface area contributed by atoms with Gasteiger partial charge in [-0.25, -0.2) is 4.98 Å². The van der Waals surface area contributed by atoms with E-state index in [1.165, 1.54) is 0 Å². The van der Waals surface area contributed by atoms with Crippen LogP contribution in [-0.4, -0.2) is 15.9 Å². The summed E-state index contributed by atoms with van der Waals surface area (Å²) < 4.78 is 0. The molecule has 0 aliphatic heterocycles. The van der Waals surface area contributed by atoms with Crippen LogP contribution in [0, 0.1) is 13.8 Å². The van der Waals surface area contributed by atoms with Crippen LogP contribution in [0.25, 0.3) is 11.3 Å². The lowest BCUT2D eigenvalue weighted by atomic mass is 10.1. The second kappa shape index (κ2) is 7.36. The Morgan fingerprint density at radius 3 is 2.54 bits per heavy atom. The maximum absolute atomic E-state index is 12.1. The van der Waals surface area contributed by atoms with Gasteiger partial charge < -0.3 is 5.32 Å². The molecular weight excluding hydrogens is 318 g/mol. The first kappa shape index (κ1) is 16.3. The Bertz CT molecular complexity index is 823. The molecule has 0 saturated carbocycles. The number of aromatic nitrogens is 2. The van der Waals surface area contributed by atoms with Crippen LogP contribution < -0.4 is 5.32 Å². The molecule has 5 heteroatoms. The van der Waals surface area contributed by atoms with Gasteiger partial charge in [-0.3, -0.25) is 9.78 Å². The van der Waals surface area contributed by atoms with Gasteiger partial charge in [-0.2, -0.15) is 0 Å². The minimum absolute atomic E-state index is 0.0145. The number of anilines is 1.